The Morgan fingerprint density at radius 1 is 1.60 bits per heavy atom. The number of aliphatic hydroxyl groups excluding tert-OH is 1. The van der Waals surface area contributed by atoms with E-state index in [9.17, 15) is 18.0 Å². The number of alkyl halides is 3. The van der Waals surface area contributed by atoms with Gasteiger partial charge in [0.2, 0.25) is 5.91 Å². The topological polar surface area (TPSA) is 79.0 Å². The van der Waals surface area contributed by atoms with Crippen molar-refractivity contribution in [3.05, 3.63) is 0 Å². The summed E-state index contributed by atoms with van der Waals surface area (Å²) in [5.41, 5.74) is 5.05. The first kappa shape index (κ1) is 17.2. The van der Waals surface area contributed by atoms with Crippen LogP contribution in [-0.4, -0.2) is 85.6 Å². The lowest BCUT2D eigenvalue weighted by molar-refractivity contribution is -0.211. The molecule has 1 aliphatic heterocycles. The number of morpholine rings is 1. The molecule has 2 atom stereocenters. The Labute approximate surface area is 115 Å². The summed E-state index contributed by atoms with van der Waals surface area (Å²) in [4.78, 5) is 13.9. The third kappa shape index (κ3) is 6.04. The van der Waals surface area contributed by atoms with Gasteiger partial charge >= 0.3 is 6.18 Å². The number of nitrogens with two attached hydrogens (primary N) is 1. The lowest BCUT2D eigenvalue weighted by Crippen LogP contribution is -2.51. The van der Waals surface area contributed by atoms with Crippen molar-refractivity contribution in [3.63, 3.8) is 0 Å². The highest BCUT2D eigenvalue weighted by molar-refractivity contribution is 5.75. The molecule has 0 aromatic heterocycles. The van der Waals surface area contributed by atoms with Crippen LogP contribution < -0.4 is 5.73 Å². The number of β-amino-alcohol motifs (C(OH)–C–C–N with tert-alkyl or cyclic N) is 1. The maximum absolute atomic E-state index is 12.3. The van der Waals surface area contributed by atoms with Gasteiger partial charge in [-0.15, -0.1) is 0 Å². The highest BCUT2D eigenvalue weighted by atomic mass is 19.4. The van der Waals surface area contributed by atoms with Gasteiger partial charge in [-0.25, -0.2) is 0 Å². The van der Waals surface area contributed by atoms with Gasteiger partial charge in [0.25, 0.3) is 0 Å². The summed E-state index contributed by atoms with van der Waals surface area (Å²) in [5, 5.41) is 9.05. The van der Waals surface area contributed by atoms with Crippen molar-refractivity contribution in [3.8, 4) is 0 Å². The molecule has 2 unspecified atom stereocenters. The molecule has 9 heteroatoms. The first-order valence-corrected chi connectivity index (χ1v) is 6.24. The highest BCUT2D eigenvalue weighted by Gasteiger charge is 2.39. The fourth-order valence-corrected chi connectivity index (χ4v) is 2.08. The molecule has 1 heterocycles. The summed E-state index contributed by atoms with van der Waals surface area (Å²) < 4.78 is 42.3. The van der Waals surface area contributed by atoms with Crippen LogP contribution in [0.1, 0.15) is 0 Å². The number of hydrogen-bond acceptors (Lipinski definition) is 5. The molecule has 0 radical (unpaired) electrons. The maximum atomic E-state index is 12.3. The van der Waals surface area contributed by atoms with Crippen molar-refractivity contribution in [2.45, 2.75) is 18.4 Å². The summed E-state index contributed by atoms with van der Waals surface area (Å²) in [6, 6.07) is 0. The SMILES string of the molecule is CN(CC(N)=O)CC1CN(CC(O)C(F)(F)F)CCO1. The molecule has 1 amide bonds. The molecule has 0 aliphatic carbocycles. The Balaban J connectivity index is 2.40. The standard InChI is InChI=1S/C11H20F3N3O3/c1-16(7-10(15)19)4-8-5-17(2-3-20-8)6-9(18)11(12,13)14/h8-9,18H,2-7H2,1H3,(H2,15,19). The summed E-state index contributed by atoms with van der Waals surface area (Å²) in [7, 11) is 1.68. The van der Waals surface area contributed by atoms with E-state index in [1.54, 1.807) is 11.9 Å². The molecule has 0 aromatic carbocycles. The van der Waals surface area contributed by atoms with E-state index in [1.165, 1.54) is 4.90 Å². The van der Waals surface area contributed by atoms with Crippen LogP contribution in [0.2, 0.25) is 0 Å². The van der Waals surface area contributed by atoms with Crippen LogP contribution in [0.5, 0.6) is 0 Å². The molecule has 1 rings (SSSR count). The summed E-state index contributed by atoms with van der Waals surface area (Å²) >= 11 is 0. The normalized spacial score (nSPS) is 23.0. The zero-order valence-electron chi connectivity index (χ0n) is 11.3. The molecule has 0 saturated carbocycles. The summed E-state index contributed by atoms with van der Waals surface area (Å²) in [6.07, 6.45) is -7.28. The minimum atomic E-state index is -4.61. The maximum Gasteiger partial charge on any atom is 0.415 e. The van der Waals surface area contributed by atoms with E-state index in [4.69, 9.17) is 15.6 Å². The van der Waals surface area contributed by atoms with Crippen molar-refractivity contribution >= 4 is 5.91 Å². The van der Waals surface area contributed by atoms with Crippen LogP contribution >= 0.6 is 0 Å². The molecule has 0 bridgehead atoms. The second-order valence-electron chi connectivity index (χ2n) is 4.97. The van der Waals surface area contributed by atoms with Gasteiger partial charge in [-0.05, 0) is 7.05 Å². The molecule has 3 N–H and O–H groups in total. The highest BCUT2D eigenvalue weighted by Crippen LogP contribution is 2.21. The Morgan fingerprint density at radius 3 is 2.80 bits per heavy atom. The van der Waals surface area contributed by atoms with E-state index in [-0.39, 0.29) is 19.2 Å². The summed E-state index contributed by atoms with van der Waals surface area (Å²) in [6.45, 7) is 0.883. The Kier molecular flexibility index (Phi) is 6.18. The fraction of sp³-hybridized carbons (Fsp3) is 0.909. The van der Waals surface area contributed by atoms with E-state index in [0.29, 0.717) is 19.7 Å². The number of primary amides is 1. The fourth-order valence-electron chi connectivity index (χ4n) is 2.08. The predicted octanol–water partition coefficient (Wildman–Crippen LogP) is -0.972. The Bertz CT molecular complexity index is 328. The van der Waals surface area contributed by atoms with E-state index in [1.807, 2.05) is 0 Å². The second kappa shape index (κ2) is 7.21. The zero-order chi connectivity index (χ0) is 15.3. The first-order valence-electron chi connectivity index (χ1n) is 6.24. The Morgan fingerprint density at radius 2 is 2.25 bits per heavy atom. The molecule has 6 nitrogen and oxygen atoms in total. The van der Waals surface area contributed by atoms with Crippen molar-refractivity contribution in [2.24, 2.45) is 5.73 Å². The lowest BCUT2D eigenvalue weighted by Gasteiger charge is -2.35. The van der Waals surface area contributed by atoms with E-state index in [0.717, 1.165) is 0 Å². The number of halogens is 3. The van der Waals surface area contributed by atoms with E-state index in [2.05, 4.69) is 0 Å². The molecule has 1 fully saturated rings. The molecule has 0 spiro atoms. The molecule has 0 aromatic rings. The molecular formula is C11H20F3N3O3. The molecular weight excluding hydrogens is 279 g/mol. The third-order valence-corrected chi connectivity index (χ3v) is 2.97. The molecule has 20 heavy (non-hydrogen) atoms. The van der Waals surface area contributed by atoms with E-state index < -0.39 is 24.7 Å². The number of carbonyl (C=O) groups is 1. The predicted molar refractivity (Wildman–Crippen MR) is 64.9 cm³/mol. The summed E-state index contributed by atoms with van der Waals surface area (Å²) in [5.74, 6) is -0.479. The quantitative estimate of drug-likeness (QED) is 0.659. The van der Waals surface area contributed by atoms with Gasteiger partial charge in [0.15, 0.2) is 6.10 Å². The number of likely N-dealkylation sites (N-methyl/N-ethyl adjacent to an activating group) is 1. The lowest BCUT2D eigenvalue weighted by atomic mass is 10.2. The monoisotopic (exact) mass is 299 g/mol. The van der Waals surface area contributed by atoms with Gasteiger partial charge in [0.1, 0.15) is 0 Å². The minimum Gasteiger partial charge on any atom is -0.382 e. The van der Waals surface area contributed by atoms with Crippen LogP contribution in [0.15, 0.2) is 0 Å². The van der Waals surface area contributed by atoms with E-state index >= 15 is 0 Å². The van der Waals surface area contributed by atoms with Gasteiger partial charge in [-0.1, -0.05) is 0 Å². The third-order valence-electron chi connectivity index (χ3n) is 2.97. The van der Waals surface area contributed by atoms with Gasteiger partial charge < -0.3 is 15.6 Å². The Hall–Kier alpha value is -0.900. The average molecular weight is 299 g/mol. The number of hydrogen-bond donors (Lipinski definition) is 2. The van der Waals surface area contributed by atoms with Gasteiger partial charge in [0, 0.05) is 26.2 Å². The average Bonchev–Trinajstić information content (AvgIpc) is 2.26. The van der Waals surface area contributed by atoms with Crippen molar-refractivity contribution in [1.29, 1.82) is 0 Å². The first-order chi connectivity index (χ1) is 9.18. The van der Waals surface area contributed by atoms with Gasteiger partial charge in [0.05, 0.1) is 19.3 Å². The number of amides is 1. The van der Waals surface area contributed by atoms with Crippen LogP contribution in [0, 0.1) is 0 Å². The van der Waals surface area contributed by atoms with Gasteiger partial charge in [-0.2, -0.15) is 13.2 Å². The van der Waals surface area contributed by atoms with Crippen LogP contribution in [0.4, 0.5) is 13.2 Å². The van der Waals surface area contributed by atoms with Crippen molar-refractivity contribution < 1.29 is 27.8 Å². The number of carbonyl (C=O) groups excluding carboxylic acids is 1. The molecule has 1 saturated heterocycles. The second-order valence-corrected chi connectivity index (χ2v) is 4.97. The molecule has 1 aliphatic rings. The number of aliphatic hydroxyl groups is 1. The minimum absolute atomic E-state index is 0.0606. The molecule has 118 valence electrons. The van der Waals surface area contributed by atoms with Crippen LogP contribution in [0.25, 0.3) is 0 Å². The smallest absolute Gasteiger partial charge is 0.382 e. The van der Waals surface area contributed by atoms with Crippen molar-refractivity contribution in [1.82, 2.24) is 9.80 Å². The van der Waals surface area contributed by atoms with Crippen LogP contribution in [0.3, 0.4) is 0 Å². The van der Waals surface area contributed by atoms with Crippen LogP contribution in [-0.2, 0) is 9.53 Å². The number of rotatable bonds is 6. The zero-order valence-corrected chi connectivity index (χ0v) is 11.3. The number of nitrogens with zero attached hydrogens (tertiary/aromatic N) is 2. The largest absolute Gasteiger partial charge is 0.415 e. The van der Waals surface area contributed by atoms with Gasteiger partial charge in [-0.3, -0.25) is 14.6 Å². The number of ether oxygens (including phenoxy) is 1. The van der Waals surface area contributed by atoms with Crippen molar-refractivity contribution in [2.75, 3.05) is 46.4 Å².